The number of aromatic nitrogens is 1. The van der Waals surface area contributed by atoms with Crippen molar-refractivity contribution in [1.29, 1.82) is 0 Å². The highest BCUT2D eigenvalue weighted by molar-refractivity contribution is 5.87. The molecule has 3 N–H and O–H groups in total. The van der Waals surface area contributed by atoms with Gasteiger partial charge in [0.1, 0.15) is 6.26 Å². The first kappa shape index (κ1) is 8.54. The highest BCUT2D eigenvalue weighted by atomic mass is 16.5. The van der Waals surface area contributed by atoms with E-state index in [9.17, 15) is 4.79 Å². The third-order valence-corrected chi connectivity index (χ3v) is 1.08. The number of urea groups is 1. The van der Waals surface area contributed by atoms with Crippen molar-refractivity contribution >= 4 is 11.8 Å². The van der Waals surface area contributed by atoms with Crippen LogP contribution in [0, 0.1) is 0 Å². The van der Waals surface area contributed by atoms with E-state index < -0.39 is 6.03 Å². The van der Waals surface area contributed by atoms with Gasteiger partial charge < -0.3 is 14.9 Å². The van der Waals surface area contributed by atoms with Gasteiger partial charge in [0, 0.05) is 12.6 Å². The first-order valence-electron chi connectivity index (χ1n) is 3.39. The largest absolute Gasteiger partial charge is 0.395 e. The van der Waals surface area contributed by atoms with E-state index in [-0.39, 0.29) is 13.2 Å². The van der Waals surface area contributed by atoms with Crippen LogP contribution in [0.1, 0.15) is 0 Å². The molecule has 2 amide bonds. The fraction of sp³-hybridized carbons (Fsp3) is 0.333. The summed E-state index contributed by atoms with van der Waals surface area (Å²) >= 11 is 0. The molecule has 0 radical (unpaired) electrons. The van der Waals surface area contributed by atoms with E-state index in [2.05, 4.69) is 20.3 Å². The minimum atomic E-state index is -0.419. The quantitative estimate of drug-likeness (QED) is 0.587. The molecule has 0 atom stereocenters. The first-order chi connectivity index (χ1) is 5.83. The summed E-state index contributed by atoms with van der Waals surface area (Å²) in [4.78, 5) is 10.9. The Labute approximate surface area is 68.5 Å². The van der Waals surface area contributed by atoms with Crippen LogP contribution in [0.3, 0.4) is 0 Å². The zero-order chi connectivity index (χ0) is 8.81. The Morgan fingerprint density at radius 2 is 2.58 bits per heavy atom. The van der Waals surface area contributed by atoms with E-state index in [1.165, 1.54) is 12.3 Å². The molecule has 0 aromatic carbocycles. The molecule has 1 aromatic heterocycles. The molecule has 0 spiro atoms. The van der Waals surface area contributed by atoms with E-state index in [0.29, 0.717) is 5.82 Å². The van der Waals surface area contributed by atoms with E-state index in [0.717, 1.165) is 0 Å². The van der Waals surface area contributed by atoms with E-state index in [1.807, 2.05) is 0 Å². The Morgan fingerprint density at radius 3 is 3.17 bits per heavy atom. The lowest BCUT2D eigenvalue weighted by Gasteiger charge is -2.01. The topological polar surface area (TPSA) is 87.4 Å². The third-order valence-electron chi connectivity index (χ3n) is 1.08. The van der Waals surface area contributed by atoms with E-state index in [4.69, 9.17) is 5.11 Å². The standard InChI is InChI=1S/C6H9N3O3/c10-3-2-7-6(11)8-5-1-4-12-9-5/h1,4,10H,2-3H2,(H2,7,8,9,11). The molecule has 6 heteroatoms. The summed E-state index contributed by atoms with van der Waals surface area (Å²) in [6.45, 7) is 0.121. The Balaban J connectivity index is 2.27. The smallest absolute Gasteiger partial charge is 0.320 e. The van der Waals surface area contributed by atoms with Gasteiger partial charge in [0.05, 0.1) is 6.61 Å². The van der Waals surface area contributed by atoms with Gasteiger partial charge in [0.15, 0.2) is 5.82 Å². The summed E-state index contributed by atoms with van der Waals surface area (Å²) in [7, 11) is 0. The number of amides is 2. The summed E-state index contributed by atoms with van der Waals surface area (Å²) in [5, 5.41) is 16.6. The maximum atomic E-state index is 10.9. The number of nitrogens with zero attached hydrogens (tertiary/aromatic N) is 1. The number of aliphatic hydroxyl groups is 1. The molecule has 0 aliphatic heterocycles. The molecule has 0 aliphatic rings. The molecule has 1 aromatic rings. The fourth-order valence-electron chi connectivity index (χ4n) is 0.607. The predicted molar refractivity (Wildman–Crippen MR) is 40.6 cm³/mol. The Morgan fingerprint density at radius 1 is 1.75 bits per heavy atom. The van der Waals surface area contributed by atoms with Gasteiger partial charge in [-0.05, 0) is 0 Å². The van der Waals surface area contributed by atoms with Crippen molar-refractivity contribution in [2.75, 3.05) is 18.5 Å². The van der Waals surface area contributed by atoms with E-state index in [1.54, 1.807) is 0 Å². The summed E-state index contributed by atoms with van der Waals surface area (Å²) in [5.74, 6) is 0.338. The maximum Gasteiger partial charge on any atom is 0.320 e. The van der Waals surface area contributed by atoms with E-state index >= 15 is 0 Å². The van der Waals surface area contributed by atoms with Crippen LogP contribution < -0.4 is 10.6 Å². The number of anilines is 1. The molecule has 1 heterocycles. The molecule has 0 unspecified atom stereocenters. The second-order valence-electron chi connectivity index (χ2n) is 1.99. The summed E-state index contributed by atoms with van der Waals surface area (Å²) in [6.07, 6.45) is 1.35. The molecular weight excluding hydrogens is 162 g/mol. The van der Waals surface area contributed by atoms with Crippen molar-refractivity contribution in [3.05, 3.63) is 12.3 Å². The van der Waals surface area contributed by atoms with Crippen molar-refractivity contribution in [1.82, 2.24) is 10.5 Å². The van der Waals surface area contributed by atoms with Crippen LogP contribution in [-0.4, -0.2) is 29.4 Å². The van der Waals surface area contributed by atoms with Crippen LogP contribution in [0.15, 0.2) is 16.9 Å². The van der Waals surface area contributed by atoms with Gasteiger partial charge in [-0.1, -0.05) is 5.16 Å². The second kappa shape index (κ2) is 4.35. The monoisotopic (exact) mass is 171 g/mol. The molecule has 0 saturated heterocycles. The third kappa shape index (κ3) is 2.59. The van der Waals surface area contributed by atoms with Crippen LogP contribution in [0.4, 0.5) is 10.6 Å². The Hall–Kier alpha value is -1.56. The molecule has 0 aliphatic carbocycles. The highest BCUT2D eigenvalue weighted by Crippen LogP contribution is 1.99. The zero-order valence-corrected chi connectivity index (χ0v) is 6.28. The zero-order valence-electron chi connectivity index (χ0n) is 6.28. The second-order valence-corrected chi connectivity index (χ2v) is 1.99. The maximum absolute atomic E-state index is 10.9. The number of hydrogen-bond donors (Lipinski definition) is 3. The normalized spacial score (nSPS) is 9.42. The van der Waals surface area contributed by atoms with Crippen LogP contribution in [0.25, 0.3) is 0 Å². The minimum absolute atomic E-state index is 0.0910. The summed E-state index contributed by atoms with van der Waals surface area (Å²) < 4.78 is 4.48. The number of carbonyl (C=O) groups excluding carboxylic acids is 1. The lowest BCUT2D eigenvalue weighted by molar-refractivity contribution is 0.244. The molecule has 0 saturated carbocycles. The van der Waals surface area contributed by atoms with Crippen LogP contribution in [0.2, 0.25) is 0 Å². The molecule has 0 bridgehead atoms. The number of rotatable bonds is 3. The van der Waals surface area contributed by atoms with Gasteiger partial charge in [-0.15, -0.1) is 0 Å². The number of aliphatic hydroxyl groups excluding tert-OH is 1. The molecule has 6 nitrogen and oxygen atoms in total. The van der Waals surface area contributed by atoms with Crippen molar-refractivity contribution in [3.8, 4) is 0 Å². The average molecular weight is 171 g/mol. The molecular formula is C6H9N3O3. The van der Waals surface area contributed by atoms with Crippen molar-refractivity contribution in [2.24, 2.45) is 0 Å². The van der Waals surface area contributed by atoms with Gasteiger partial charge in [-0.3, -0.25) is 5.32 Å². The van der Waals surface area contributed by atoms with Crippen LogP contribution in [0.5, 0.6) is 0 Å². The van der Waals surface area contributed by atoms with Gasteiger partial charge in [0.25, 0.3) is 0 Å². The van der Waals surface area contributed by atoms with Crippen molar-refractivity contribution < 1.29 is 14.4 Å². The van der Waals surface area contributed by atoms with Gasteiger partial charge >= 0.3 is 6.03 Å². The van der Waals surface area contributed by atoms with Crippen LogP contribution in [-0.2, 0) is 0 Å². The molecule has 1 rings (SSSR count). The minimum Gasteiger partial charge on any atom is -0.395 e. The lowest BCUT2D eigenvalue weighted by Crippen LogP contribution is -2.31. The summed E-state index contributed by atoms with van der Waals surface area (Å²) in [5.41, 5.74) is 0. The van der Waals surface area contributed by atoms with Gasteiger partial charge in [-0.25, -0.2) is 4.79 Å². The predicted octanol–water partition coefficient (Wildman–Crippen LogP) is -0.212. The number of carbonyl (C=O) groups is 1. The summed E-state index contributed by atoms with van der Waals surface area (Å²) in [6, 6.07) is 1.09. The number of nitrogens with one attached hydrogen (secondary N) is 2. The average Bonchev–Trinajstić information content (AvgIpc) is 2.53. The van der Waals surface area contributed by atoms with Gasteiger partial charge in [-0.2, -0.15) is 0 Å². The van der Waals surface area contributed by atoms with Crippen LogP contribution >= 0.6 is 0 Å². The molecule has 66 valence electrons. The van der Waals surface area contributed by atoms with Gasteiger partial charge in [0.2, 0.25) is 0 Å². The van der Waals surface area contributed by atoms with Crippen molar-refractivity contribution in [3.63, 3.8) is 0 Å². The molecule has 12 heavy (non-hydrogen) atoms. The SMILES string of the molecule is O=C(NCCO)Nc1ccon1. The van der Waals surface area contributed by atoms with Crippen molar-refractivity contribution in [2.45, 2.75) is 0 Å². The fourth-order valence-corrected chi connectivity index (χ4v) is 0.607. The lowest BCUT2D eigenvalue weighted by atomic mass is 10.6. The Bertz CT molecular complexity index is 234. The Kier molecular flexibility index (Phi) is 3.09. The number of hydrogen-bond acceptors (Lipinski definition) is 4. The molecule has 0 fully saturated rings. The highest BCUT2D eigenvalue weighted by Gasteiger charge is 2.01. The first-order valence-corrected chi connectivity index (χ1v) is 3.39.